The van der Waals surface area contributed by atoms with Crippen LogP contribution < -0.4 is 5.56 Å². The highest BCUT2D eigenvalue weighted by Gasteiger charge is 2.09. The minimum Gasteiger partial charge on any atom is -0.317 e. The van der Waals surface area contributed by atoms with Crippen molar-refractivity contribution < 1.29 is 4.39 Å². The average Bonchev–Trinajstić information content (AvgIpc) is 2.22. The summed E-state index contributed by atoms with van der Waals surface area (Å²) in [5, 5.41) is 0.407. The van der Waals surface area contributed by atoms with Gasteiger partial charge in [-0.05, 0) is 13.0 Å². The average molecular weight is 271 g/mol. The van der Waals surface area contributed by atoms with Crippen molar-refractivity contribution in [3.05, 3.63) is 39.6 Å². The standard InChI is InChI=1S/C10H8BrFN2O/c1-5-10(15)14-9-7(13-5)3-2-6(4-11)8(9)12/h2-3H,4H2,1H3,(H,14,15). The first-order valence-electron chi connectivity index (χ1n) is 4.37. The fraction of sp³-hybridized carbons (Fsp3) is 0.200. The molecule has 0 bridgehead atoms. The third-order valence-electron chi connectivity index (χ3n) is 2.20. The summed E-state index contributed by atoms with van der Waals surface area (Å²) in [5.74, 6) is -0.422. The summed E-state index contributed by atoms with van der Waals surface area (Å²) in [6.07, 6.45) is 0. The molecule has 1 N–H and O–H groups in total. The summed E-state index contributed by atoms with van der Waals surface area (Å²) in [7, 11) is 0. The molecule has 2 aromatic rings. The zero-order valence-corrected chi connectivity index (χ0v) is 9.56. The van der Waals surface area contributed by atoms with Gasteiger partial charge in [-0.15, -0.1) is 0 Å². The third kappa shape index (κ3) is 1.67. The Labute approximate surface area is 93.5 Å². The second kappa shape index (κ2) is 3.73. The van der Waals surface area contributed by atoms with Gasteiger partial charge in [0.05, 0.1) is 5.52 Å². The summed E-state index contributed by atoms with van der Waals surface area (Å²) in [4.78, 5) is 17.8. The highest BCUT2D eigenvalue weighted by molar-refractivity contribution is 9.08. The van der Waals surface area contributed by atoms with E-state index in [1.807, 2.05) is 0 Å². The number of halogens is 2. The predicted molar refractivity (Wildman–Crippen MR) is 59.7 cm³/mol. The number of nitrogens with zero attached hydrogens (tertiary/aromatic N) is 1. The smallest absolute Gasteiger partial charge is 0.269 e. The summed E-state index contributed by atoms with van der Waals surface area (Å²) in [5.41, 5.74) is 1.13. The van der Waals surface area contributed by atoms with Crippen LogP contribution in [-0.4, -0.2) is 9.97 Å². The Kier molecular flexibility index (Phi) is 2.56. The molecule has 1 heterocycles. The maximum absolute atomic E-state index is 13.7. The molecular formula is C10H8BrFN2O. The molecule has 1 aromatic carbocycles. The second-order valence-electron chi connectivity index (χ2n) is 3.22. The van der Waals surface area contributed by atoms with Crippen molar-refractivity contribution in [2.75, 3.05) is 0 Å². The van der Waals surface area contributed by atoms with Crippen molar-refractivity contribution in [1.29, 1.82) is 0 Å². The third-order valence-corrected chi connectivity index (χ3v) is 2.80. The number of nitrogens with one attached hydrogen (secondary N) is 1. The molecule has 0 saturated heterocycles. The van der Waals surface area contributed by atoms with Gasteiger partial charge in [-0.3, -0.25) is 4.79 Å². The molecule has 2 rings (SSSR count). The van der Waals surface area contributed by atoms with Crippen molar-refractivity contribution in [2.45, 2.75) is 12.3 Å². The summed E-state index contributed by atoms with van der Waals surface area (Å²) < 4.78 is 13.7. The molecule has 15 heavy (non-hydrogen) atoms. The lowest BCUT2D eigenvalue weighted by atomic mass is 10.2. The molecule has 0 atom stereocenters. The largest absolute Gasteiger partial charge is 0.317 e. The molecule has 0 radical (unpaired) electrons. The van der Waals surface area contributed by atoms with Gasteiger partial charge < -0.3 is 4.98 Å². The van der Waals surface area contributed by atoms with Crippen LogP contribution in [0.25, 0.3) is 11.0 Å². The monoisotopic (exact) mass is 270 g/mol. The van der Waals surface area contributed by atoms with Crippen LogP contribution >= 0.6 is 15.9 Å². The van der Waals surface area contributed by atoms with Gasteiger partial charge in [0, 0.05) is 10.9 Å². The van der Waals surface area contributed by atoms with Gasteiger partial charge in [0.2, 0.25) is 0 Å². The summed E-state index contributed by atoms with van der Waals surface area (Å²) in [6.45, 7) is 1.59. The molecular weight excluding hydrogens is 263 g/mol. The number of H-pyrrole nitrogens is 1. The van der Waals surface area contributed by atoms with Gasteiger partial charge in [-0.1, -0.05) is 22.0 Å². The van der Waals surface area contributed by atoms with Crippen molar-refractivity contribution in [2.24, 2.45) is 0 Å². The van der Waals surface area contributed by atoms with Crippen LogP contribution in [0.3, 0.4) is 0 Å². The molecule has 0 unspecified atom stereocenters. The number of alkyl halides is 1. The second-order valence-corrected chi connectivity index (χ2v) is 3.78. The normalized spacial score (nSPS) is 10.9. The van der Waals surface area contributed by atoms with Crippen LogP contribution in [0.1, 0.15) is 11.3 Å². The van der Waals surface area contributed by atoms with Gasteiger partial charge in [-0.2, -0.15) is 0 Å². The molecule has 3 nitrogen and oxygen atoms in total. The Morgan fingerprint density at radius 3 is 2.93 bits per heavy atom. The van der Waals surface area contributed by atoms with Crippen LogP contribution in [0.2, 0.25) is 0 Å². The van der Waals surface area contributed by atoms with Gasteiger partial charge in [0.25, 0.3) is 5.56 Å². The number of fused-ring (bicyclic) bond motifs is 1. The van der Waals surface area contributed by atoms with Gasteiger partial charge in [0.1, 0.15) is 11.2 Å². The van der Waals surface area contributed by atoms with Crippen LogP contribution in [0.15, 0.2) is 16.9 Å². The Bertz CT molecular complexity index is 579. The first kappa shape index (κ1) is 10.3. The maximum atomic E-state index is 13.7. The van der Waals surface area contributed by atoms with E-state index in [0.717, 1.165) is 0 Å². The lowest BCUT2D eigenvalue weighted by molar-refractivity contribution is 0.626. The van der Waals surface area contributed by atoms with E-state index in [9.17, 15) is 9.18 Å². The van der Waals surface area contributed by atoms with Gasteiger partial charge in [-0.25, -0.2) is 9.37 Å². The molecule has 0 spiro atoms. The number of aryl methyl sites for hydroxylation is 1. The molecule has 0 aliphatic heterocycles. The lowest BCUT2D eigenvalue weighted by Crippen LogP contribution is -2.12. The van der Waals surface area contributed by atoms with Gasteiger partial charge >= 0.3 is 0 Å². The highest BCUT2D eigenvalue weighted by Crippen LogP contribution is 2.18. The van der Waals surface area contributed by atoms with E-state index >= 15 is 0 Å². The van der Waals surface area contributed by atoms with E-state index in [4.69, 9.17) is 0 Å². The van der Waals surface area contributed by atoms with E-state index in [1.165, 1.54) is 0 Å². The van der Waals surface area contributed by atoms with E-state index in [-0.39, 0.29) is 11.1 Å². The number of aromatic amines is 1. The minimum absolute atomic E-state index is 0.169. The highest BCUT2D eigenvalue weighted by atomic mass is 79.9. The molecule has 0 saturated carbocycles. The van der Waals surface area contributed by atoms with E-state index in [0.29, 0.717) is 22.1 Å². The Hall–Kier alpha value is -1.23. The number of hydrogen-bond acceptors (Lipinski definition) is 2. The summed E-state index contributed by atoms with van der Waals surface area (Å²) >= 11 is 3.17. The molecule has 0 aliphatic rings. The van der Waals surface area contributed by atoms with Crippen molar-refractivity contribution in [1.82, 2.24) is 9.97 Å². The van der Waals surface area contributed by atoms with Crippen molar-refractivity contribution >= 4 is 27.0 Å². The van der Waals surface area contributed by atoms with E-state index < -0.39 is 5.82 Å². The predicted octanol–water partition coefficient (Wildman–Crippen LogP) is 2.27. The zero-order chi connectivity index (χ0) is 11.0. The molecule has 1 aromatic heterocycles. The van der Waals surface area contributed by atoms with Crippen LogP contribution in [0, 0.1) is 12.7 Å². The molecule has 0 amide bonds. The number of rotatable bonds is 1. The number of benzene rings is 1. The minimum atomic E-state index is -0.422. The fourth-order valence-electron chi connectivity index (χ4n) is 1.36. The van der Waals surface area contributed by atoms with Crippen LogP contribution in [-0.2, 0) is 5.33 Å². The first-order chi connectivity index (χ1) is 7.13. The first-order valence-corrected chi connectivity index (χ1v) is 5.49. The Morgan fingerprint density at radius 2 is 2.27 bits per heavy atom. The number of hydrogen-bond donors (Lipinski definition) is 1. The lowest BCUT2D eigenvalue weighted by Gasteiger charge is -2.03. The van der Waals surface area contributed by atoms with Crippen LogP contribution in [0.5, 0.6) is 0 Å². The Morgan fingerprint density at radius 1 is 1.53 bits per heavy atom. The molecule has 0 aliphatic carbocycles. The topological polar surface area (TPSA) is 45.8 Å². The molecule has 78 valence electrons. The van der Waals surface area contributed by atoms with E-state index in [1.54, 1.807) is 19.1 Å². The van der Waals surface area contributed by atoms with Crippen molar-refractivity contribution in [3.63, 3.8) is 0 Å². The zero-order valence-electron chi connectivity index (χ0n) is 7.97. The van der Waals surface area contributed by atoms with Gasteiger partial charge in [0.15, 0.2) is 5.82 Å². The van der Waals surface area contributed by atoms with E-state index in [2.05, 4.69) is 25.9 Å². The molecule has 5 heteroatoms. The quantitative estimate of drug-likeness (QED) is 0.809. The summed E-state index contributed by atoms with van der Waals surface area (Å²) in [6, 6.07) is 3.34. The fourth-order valence-corrected chi connectivity index (χ4v) is 1.79. The maximum Gasteiger partial charge on any atom is 0.269 e. The SMILES string of the molecule is Cc1nc2ccc(CBr)c(F)c2[nH]c1=O. The molecule has 0 fully saturated rings. The van der Waals surface area contributed by atoms with Crippen molar-refractivity contribution in [3.8, 4) is 0 Å². The Balaban J connectivity index is 2.87. The van der Waals surface area contributed by atoms with Crippen LogP contribution in [0.4, 0.5) is 4.39 Å². The number of aromatic nitrogens is 2.